The van der Waals surface area contributed by atoms with Crippen LogP contribution < -0.4 is 0 Å². The predicted octanol–water partition coefficient (Wildman–Crippen LogP) is 1.57. The Balaban J connectivity index is 2.12. The van der Waals surface area contributed by atoms with Crippen LogP contribution in [0.25, 0.3) is 6.08 Å². The molecule has 4 nitrogen and oxygen atoms in total. The Morgan fingerprint density at radius 2 is 1.89 bits per heavy atom. The lowest BCUT2D eigenvalue weighted by molar-refractivity contribution is -0.134. The van der Waals surface area contributed by atoms with E-state index in [-0.39, 0.29) is 5.76 Å². The number of carbonyl (C=O) groups excluding carboxylic acids is 3. The van der Waals surface area contributed by atoms with E-state index in [1.807, 2.05) is 30.3 Å². The van der Waals surface area contributed by atoms with Gasteiger partial charge in [0.25, 0.3) is 0 Å². The van der Waals surface area contributed by atoms with E-state index in [1.165, 1.54) is 13.2 Å². The van der Waals surface area contributed by atoms with Crippen molar-refractivity contribution >= 4 is 23.4 Å². The van der Waals surface area contributed by atoms with Crippen LogP contribution >= 0.6 is 0 Å². The summed E-state index contributed by atoms with van der Waals surface area (Å²) in [5.41, 5.74) is 0.827. The molecule has 0 spiro atoms. The van der Waals surface area contributed by atoms with Gasteiger partial charge in [0, 0.05) is 6.08 Å². The Bertz CT molecular complexity index is 581. The first-order valence-electron chi connectivity index (χ1n) is 5.74. The highest BCUT2D eigenvalue weighted by Crippen LogP contribution is 2.20. The molecule has 0 saturated heterocycles. The van der Waals surface area contributed by atoms with Gasteiger partial charge in [-0.25, -0.2) is 0 Å². The van der Waals surface area contributed by atoms with Crippen LogP contribution in [0, 0.1) is 5.92 Å². The lowest BCUT2D eigenvalue weighted by atomic mass is 9.98. The highest BCUT2D eigenvalue weighted by molar-refractivity contribution is 6.33. The maximum atomic E-state index is 11.9. The molecule has 1 aliphatic rings. The molecular formula is C15H12O4. The average Bonchev–Trinajstić information content (AvgIpc) is 2.72. The number of rotatable bonds is 4. The Hall–Kier alpha value is -2.49. The molecule has 0 aliphatic heterocycles. The van der Waals surface area contributed by atoms with Crippen LogP contribution in [0.5, 0.6) is 0 Å². The monoisotopic (exact) mass is 256 g/mol. The number of Topliss-reactive ketones (excluding diaryl/α,β-unsaturated/α-hetero) is 1. The smallest absolute Gasteiger partial charge is 0.216 e. The molecule has 0 saturated carbocycles. The summed E-state index contributed by atoms with van der Waals surface area (Å²) in [5.74, 6) is -2.96. The zero-order chi connectivity index (χ0) is 13.8. The van der Waals surface area contributed by atoms with Crippen LogP contribution in [-0.4, -0.2) is 24.5 Å². The Labute approximate surface area is 110 Å². The maximum absolute atomic E-state index is 11.9. The van der Waals surface area contributed by atoms with Crippen LogP contribution in [-0.2, 0) is 19.1 Å². The molecule has 1 aliphatic carbocycles. The molecule has 0 bridgehead atoms. The number of ether oxygens (including phenoxy) is 1. The van der Waals surface area contributed by atoms with E-state index in [0.29, 0.717) is 0 Å². The van der Waals surface area contributed by atoms with Gasteiger partial charge in [0.1, 0.15) is 0 Å². The molecule has 0 radical (unpaired) electrons. The van der Waals surface area contributed by atoms with Crippen LogP contribution in [0.2, 0.25) is 0 Å². The maximum Gasteiger partial charge on any atom is 0.216 e. The van der Waals surface area contributed by atoms with E-state index in [4.69, 9.17) is 4.74 Å². The summed E-state index contributed by atoms with van der Waals surface area (Å²) in [5, 5.41) is 0. The SMILES string of the molecule is COC1=CC(=O)C(C(=O)C=Cc2ccccc2)C1=O. The third-order valence-electron chi connectivity index (χ3n) is 2.81. The Kier molecular flexibility index (Phi) is 3.71. The molecule has 0 amide bonds. The largest absolute Gasteiger partial charge is 0.493 e. The van der Waals surface area contributed by atoms with Crippen molar-refractivity contribution < 1.29 is 19.1 Å². The van der Waals surface area contributed by atoms with Crippen molar-refractivity contribution in [1.82, 2.24) is 0 Å². The summed E-state index contributed by atoms with van der Waals surface area (Å²) in [6.07, 6.45) is 3.90. The second kappa shape index (κ2) is 5.44. The molecule has 0 aromatic heterocycles. The molecule has 1 aromatic rings. The van der Waals surface area contributed by atoms with Crippen molar-refractivity contribution in [2.75, 3.05) is 7.11 Å². The average molecular weight is 256 g/mol. The van der Waals surface area contributed by atoms with E-state index in [0.717, 1.165) is 11.6 Å². The van der Waals surface area contributed by atoms with Crippen molar-refractivity contribution in [3.05, 3.63) is 53.8 Å². The number of hydrogen-bond acceptors (Lipinski definition) is 4. The van der Waals surface area contributed by atoms with Crippen LogP contribution in [0.3, 0.4) is 0 Å². The summed E-state index contributed by atoms with van der Waals surface area (Å²) in [6.45, 7) is 0. The Morgan fingerprint density at radius 1 is 1.21 bits per heavy atom. The zero-order valence-corrected chi connectivity index (χ0v) is 10.3. The van der Waals surface area contributed by atoms with Gasteiger partial charge in [0.05, 0.1) is 7.11 Å². The highest BCUT2D eigenvalue weighted by atomic mass is 16.5. The summed E-state index contributed by atoms with van der Waals surface area (Å²) in [7, 11) is 1.30. The first-order valence-corrected chi connectivity index (χ1v) is 5.74. The molecule has 19 heavy (non-hydrogen) atoms. The lowest BCUT2D eigenvalue weighted by Crippen LogP contribution is -2.25. The van der Waals surface area contributed by atoms with Gasteiger partial charge in [-0.1, -0.05) is 36.4 Å². The molecule has 2 rings (SSSR count). The number of carbonyl (C=O) groups is 3. The van der Waals surface area contributed by atoms with Crippen LogP contribution in [0.4, 0.5) is 0 Å². The van der Waals surface area contributed by atoms with Gasteiger partial charge in [-0.15, -0.1) is 0 Å². The van der Waals surface area contributed by atoms with Crippen molar-refractivity contribution in [3.63, 3.8) is 0 Å². The minimum absolute atomic E-state index is 0.0588. The molecule has 1 aromatic carbocycles. The minimum Gasteiger partial charge on any atom is -0.493 e. The fourth-order valence-electron chi connectivity index (χ4n) is 1.82. The fourth-order valence-corrected chi connectivity index (χ4v) is 1.82. The third kappa shape index (κ3) is 2.68. The van der Waals surface area contributed by atoms with Crippen molar-refractivity contribution in [1.29, 1.82) is 0 Å². The summed E-state index contributed by atoms with van der Waals surface area (Å²) in [6, 6.07) is 9.17. The normalized spacial score (nSPS) is 18.8. The summed E-state index contributed by atoms with van der Waals surface area (Å²) < 4.78 is 4.75. The van der Waals surface area contributed by atoms with Gasteiger partial charge >= 0.3 is 0 Å². The Morgan fingerprint density at radius 3 is 2.47 bits per heavy atom. The van der Waals surface area contributed by atoms with E-state index in [1.54, 1.807) is 6.08 Å². The van der Waals surface area contributed by atoms with Crippen molar-refractivity contribution in [2.45, 2.75) is 0 Å². The van der Waals surface area contributed by atoms with Crippen LogP contribution in [0.15, 0.2) is 48.2 Å². The molecule has 96 valence electrons. The van der Waals surface area contributed by atoms with E-state index >= 15 is 0 Å². The highest BCUT2D eigenvalue weighted by Gasteiger charge is 2.39. The molecule has 0 N–H and O–H groups in total. The second-order valence-electron chi connectivity index (χ2n) is 4.06. The minimum atomic E-state index is -1.28. The molecule has 4 heteroatoms. The van der Waals surface area contributed by atoms with Gasteiger partial charge in [-0.05, 0) is 11.6 Å². The molecule has 1 atom stereocenters. The van der Waals surface area contributed by atoms with E-state index < -0.39 is 23.3 Å². The topological polar surface area (TPSA) is 60.4 Å². The van der Waals surface area contributed by atoms with Gasteiger partial charge in [-0.3, -0.25) is 14.4 Å². The second-order valence-corrected chi connectivity index (χ2v) is 4.06. The molecule has 0 heterocycles. The quantitative estimate of drug-likeness (QED) is 0.606. The van der Waals surface area contributed by atoms with Crippen molar-refractivity contribution in [3.8, 4) is 0 Å². The summed E-state index contributed by atoms with van der Waals surface area (Å²) >= 11 is 0. The number of benzene rings is 1. The van der Waals surface area contributed by atoms with E-state index in [9.17, 15) is 14.4 Å². The standard InChI is InChI=1S/C15H12O4/c1-19-13-9-12(17)14(15(13)18)11(16)8-7-10-5-3-2-4-6-10/h2-9,14H,1H3. The van der Waals surface area contributed by atoms with E-state index in [2.05, 4.69) is 0 Å². The van der Waals surface area contributed by atoms with Crippen LogP contribution in [0.1, 0.15) is 5.56 Å². The first kappa shape index (κ1) is 13.0. The fraction of sp³-hybridized carbons (Fsp3) is 0.133. The number of hydrogen-bond donors (Lipinski definition) is 0. The zero-order valence-electron chi connectivity index (χ0n) is 10.3. The molecule has 0 fully saturated rings. The van der Waals surface area contributed by atoms with Gasteiger partial charge < -0.3 is 4.74 Å². The van der Waals surface area contributed by atoms with Crippen molar-refractivity contribution in [2.24, 2.45) is 5.92 Å². The van der Waals surface area contributed by atoms with Gasteiger partial charge in [0.15, 0.2) is 23.2 Å². The lowest BCUT2D eigenvalue weighted by Gasteiger charge is -2.03. The third-order valence-corrected chi connectivity index (χ3v) is 2.81. The molecular weight excluding hydrogens is 244 g/mol. The number of allylic oxidation sites excluding steroid dienone is 3. The first-order chi connectivity index (χ1) is 9.13. The number of ketones is 3. The summed E-state index contributed by atoms with van der Waals surface area (Å²) in [4.78, 5) is 35.2. The number of methoxy groups -OCH3 is 1. The van der Waals surface area contributed by atoms with Gasteiger partial charge in [0.2, 0.25) is 5.78 Å². The van der Waals surface area contributed by atoms with Gasteiger partial charge in [-0.2, -0.15) is 0 Å². The predicted molar refractivity (Wildman–Crippen MR) is 69.1 cm³/mol. The molecule has 1 unspecified atom stereocenters.